The van der Waals surface area contributed by atoms with Gasteiger partial charge in [0, 0.05) is 5.69 Å². The van der Waals surface area contributed by atoms with Gasteiger partial charge in [-0.1, -0.05) is 17.3 Å². The van der Waals surface area contributed by atoms with Gasteiger partial charge in [0.05, 0.1) is 30.6 Å². The van der Waals surface area contributed by atoms with Crippen molar-refractivity contribution in [3.8, 4) is 11.4 Å². The van der Waals surface area contributed by atoms with E-state index in [2.05, 4.69) is 15.6 Å². The molecule has 0 atom stereocenters. The highest BCUT2D eigenvalue weighted by atomic mass is 19.4. The first-order chi connectivity index (χ1) is 12.4. The summed E-state index contributed by atoms with van der Waals surface area (Å²) in [5.74, 6) is -0.384. The van der Waals surface area contributed by atoms with Crippen molar-refractivity contribution in [2.75, 3.05) is 12.4 Å². The summed E-state index contributed by atoms with van der Waals surface area (Å²) in [4.78, 5) is 12.6. The molecule has 1 amide bonds. The van der Waals surface area contributed by atoms with E-state index in [1.165, 1.54) is 36.2 Å². The number of carbonyl (C=O) groups is 1. The first-order valence-corrected chi connectivity index (χ1v) is 7.42. The third kappa shape index (κ3) is 3.51. The van der Waals surface area contributed by atoms with Gasteiger partial charge in [0.25, 0.3) is 5.91 Å². The molecule has 1 aromatic heterocycles. The van der Waals surface area contributed by atoms with E-state index in [0.717, 1.165) is 12.1 Å². The minimum absolute atomic E-state index is 0.0260. The molecule has 26 heavy (non-hydrogen) atoms. The molecule has 0 fully saturated rings. The molecule has 1 heterocycles. The molecule has 3 rings (SSSR count). The number of benzene rings is 2. The summed E-state index contributed by atoms with van der Waals surface area (Å²) in [6.07, 6.45) is -1.45. The van der Waals surface area contributed by atoms with E-state index in [1.807, 2.05) is 0 Å². The minimum atomic E-state index is -4.49. The lowest BCUT2D eigenvalue weighted by Gasteiger charge is -2.14. The molecule has 0 saturated heterocycles. The van der Waals surface area contributed by atoms with Gasteiger partial charge in [-0.2, -0.15) is 13.2 Å². The lowest BCUT2D eigenvalue weighted by atomic mass is 10.1. The zero-order valence-corrected chi connectivity index (χ0v) is 13.5. The number of nitrogens with zero attached hydrogens (tertiary/aromatic N) is 3. The molecule has 0 bridgehead atoms. The molecule has 1 N–H and O–H groups in total. The van der Waals surface area contributed by atoms with Crippen LogP contribution in [-0.2, 0) is 6.18 Å². The van der Waals surface area contributed by atoms with Crippen molar-refractivity contribution in [2.45, 2.75) is 6.18 Å². The number of hydrogen-bond acceptors (Lipinski definition) is 4. The van der Waals surface area contributed by atoms with E-state index < -0.39 is 17.6 Å². The fourth-order valence-corrected chi connectivity index (χ4v) is 2.41. The molecule has 6 nitrogen and oxygen atoms in total. The van der Waals surface area contributed by atoms with E-state index in [0.29, 0.717) is 5.69 Å². The second-order valence-corrected chi connectivity index (χ2v) is 5.24. The molecule has 0 aliphatic heterocycles. The van der Waals surface area contributed by atoms with Crippen molar-refractivity contribution in [3.05, 3.63) is 66.0 Å². The lowest BCUT2D eigenvalue weighted by Crippen LogP contribution is -2.15. The van der Waals surface area contributed by atoms with Crippen LogP contribution >= 0.6 is 0 Å². The van der Waals surface area contributed by atoms with Crippen molar-refractivity contribution in [2.24, 2.45) is 0 Å². The van der Waals surface area contributed by atoms with Crippen LogP contribution in [0.1, 0.15) is 15.9 Å². The van der Waals surface area contributed by atoms with Crippen molar-refractivity contribution in [1.29, 1.82) is 0 Å². The van der Waals surface area contributed by atoms with Gasteiger partial charge >= 0.3 is 6.18 Å². The molecule has 0 aliphatic rings. The van der Waals surface area contributed by atoms with Gasteiger partial charge < -0.3 is 10.1 Å². The number of nitrogens with one attached hydrogen (secondary N) is 1. The number of anilines is 1. The summed E-state index contributed by atoms with van der Waals surface area (Å²) in [6, 6.07) is 9.19. The van der Waals surface area contributed by atoms with Gasteiger partial charge in [0.1, 0.15) is 5.69 Å². The maximum Gasteiger partial charge on any atom is 0.416 e. The normalized spacial score (nSPS) is 11.2. The molecule has 9 heteroatoms. The third-order valence-electron chi connectivity index (χ3n) is 3.56. The zero-order valence-electron chi connectivity index (χ0n) is 13.5. The predicted octanol–water partition coefficient (Wildman–Crippen LogP) is 3.55. The molecule has 3 aromatic rings. The second-order valence-electron chi connectivity index (χ2n) is 5.24. The molecule has 0 saturated carbocycles. The van der Waals surface area contributed by atoms with E-state index in [4.69, 9.17) is 4.74 Å². The zero-order chi connectivity index (χ0) is 18.7. The molecular formula is C17H13F3N4O2. The van der Waals surface area contributed by atoms with Gasteiger partial charge in [-0.05, 0) is 30.3 Å². The Labute approximate surface area is 146 Å². The highest BCUT2D eigenvalue weighted by Crippen LogP contribution is 2.31. The number of alkyl halides is 3. The largest absolute Gasteiger partial charge is 0.494 e. The number of methoxy groups -OCH3 is 1. The van der Waals surface area contributed by atoms with Crippen LogP contribution in [0.25, 0.3) is 5.69 Å². The Bertz CT molecular complexity index is 924. The molecule has 2 aromatic carbocycles. The molecule has 0 unspecified atom stereocenters. The van der Waals surface area contributed by atoms with Crippen LogP contribution in [0, 0.1) is 0 Å². The van der Waals surface area contributed by atoms with E-state index in [-0.39, 0.29) is 17.0 Å². The maximum absolute atomic E-state index is 12.8. The first-order valence-electron chi connectivity index (χ1n) is 7.42. The summed E-state index contributed by atoms with van der Waals surface area (Å²) in [7, 11) is 1.39. The average molecular weight is 362 g/mol. The smallest absolute Gasteiger partial charge is 0.416 e. The van der Waals surface area contributed by atoms with E-state index >= 15 is 0 Å². The Morgan fingerprint density at radius 1 is 1.19 bits per heavy atom. The second kappa shape index (κ2) is 6.87. The van der Waals surface area contributed by atoms with Crippen LogP contribution in [-0.4, -0.2) is 28.0 Å². The number of rotatable bonds is 4. The third-order valence-corrected chi connectivity index (χ3v) is 3.56. The Morgan fingerprint density at radius 2 is 1.96 bits per heavy atom. The number of para-hydroxylation sites is 1. The summed E-state index contributed by atoms with van der Waals surface area (Å²) in [5, 5.41) is 10.0. The Morgan fingerprint density at radius 3 is 2.62 bits per heavy atom. The predicted molar refractivity (Wildman–Crippen MR) is 87.3 cm³/mol. The molecule has 0 spiro atoms. The first kappa shape index (κ1) is 17.5. The van der Waals surface area contributed by atoms with Gasteiger partial charge in [-0.25, -0.2) is 4.68 Å². The van der Waals surface area contributed by atoms with Crippen molar-refractivity contribution in [1.82, 2.24) is 15.0 Å². The molecule has 0 aliphatic carbocycles. The highest BCUT2D eigenvalue weighted by molar-refractivity contribution is 6.07. The fourth-order valence-electron chi connectivity index (χ4n) is 2.41. The summed E-state index contributed by atoms with van der Waals surface area (Å²) in [5.41, 5.74) is -0.198. The van der Waals surface area contributed by atoms with Crippen LogP contribution in [0.2, 0.25) is 0 Å². The number of carbonyl (C=O) groups excluding carboxylic acids is 1. The number of ether oxygens (including phenoxy) is 1. The monoisotopic (exact) mass is 362 g/mol. The van der Waals surface area contributed by atoms with Gasteiger partial charge in [0.2, 0.25) is 0 Å². The maximum atomic E-state index is 12.8. The van der Waals surface area contributed by atoms with E-state index in [1.54, 1.807) is 18.3 Å². The summed E-state index contributed by atoms with van der Waals surface area (Å²) < 4.78 is 45.2. The topological polar surface area (TPSA) is 69.0 Å². The number of hydrogen-bond donors (Lipinski definition) is 1. The fraction of sp³-hybridized carbons (Fsp3) is 0.118. The SMILES string of the molecule is COc1c(C(=O)Nc2cccc(C(F)(F)F)c2)cccc1-n1ccnn1. The van der Waals surface area contributed by atoms with Crippen LogP contribution in [0.4, 0.5) is 18.9 Å². The molecule has 134 valence electrons. The van der Waals surface area contributed by atoms with Gasteiger partial charge in [-0.15, -0.1) is 5.10 Å². The molecule has 0 radical (unpaired) electrons. The Hall–Kier alpha value is -3.36. The Kier molecular flexibility index (Phi) is 4.61. The van der Waals surface area contributed by atoms with Crippen molar-refractivity contribution in [3.63, 3.8) is 0 Å². The summed E-state index contributed by atoms with van der Waals surface area (Å²) in [6.45, 7) is 0. The molecular weight excluding hydrogens is 349 g/mol. The van der Waals surface area contributed by atoms with Gasteiger partial charge in [-0.3, -0.25) is 4.79 Å². The highest BCUT2D eigenvalue weighted by Gasteiger charge is 2.30. The Balaban J connectivity index is 1.93. The van der Waals surface area contributed by atoms with Gasteiger partial charge in [0.15, 0.2) is 5.75 Å². The minimum Gasteiger partial charge on any atom is -0.494 e. The standard InChI is InChI=1S/C17H13F3N4O2/c1-26-15-13(6-3-7-14(15)24-9-8-21-23-24)16(25)22-12-5-2-4-11(10-12)17(18,19)20/h2-10H,1H3,(H,22,25). The lowest BCUT2D eigenvalue weighted by molar-refractivity contribution is -0.137. The van der Waals surface area contributed by atoms with E-state index in [9.17, 15) is 18.0 Å². The number of halogens is 3. The van der Waals surface area contributed by atoms with Crippen molar-refractivity contribution >= 4 is 11.6 Å². The number of aromatic nitrogens is 3. The average Bonchev–Trinajstić information content (AvgIpc) is 3.15. The summed E-state index contributed by atoms with van der Waals surface area (Å²) >= 11 is 0. The quantitative estimate of drug-likeness (QED) is 0.771. The van der Waals surface area contributed by atoms with Crippen molar-refractivity contribution < 1.29 is 22.7 Å². The van der Waals surface area contributed by atoms with Crippen LogP contribution in [0.3, 0.4) is 0 Å². The van der Waals surface area contributed by atoms with Crippen LogP contribution in [0.15, 0.2) is 54.9 Å². The number of amides is 1. The van der Waals surface area contributed by atoms with Crippen LogP contribution in [0.5, 0.6) is 5.75 Å². The van der Waals surface area contributed by atoms with Crippen LogP contribution < -0.4 is 10.1 Å².